The highest BCUT2D eigenvalue weighted by atomic mass is 19.1. The van der Waals surface area contributed by atoms with Crippen LogP contribution < -0.4 is 0 Å². The van der Waals surface area contributed by atoms with Crippen molar-refractivity contribution in [2.24, 2.45) is 11.8 Å². The average molecular weight is 391 g/mol. The molecule has 2 aromatic rings. The van der Waals surface area contributed by atoms with Gasteiger partial charge in [-0.2, -0.15) is 0 Å². The van der Waals surface area contributed by atoms with Crippen molar-refractivity contribution in [3.05, 3.63) is 77.2 Å². The lowest BCUT2D eigenvalue weighted by Gasteiger charge is -2.34. The van der Waals surface area contributed by atoms with Gasteiger partial charge in [0.05, 0.1) is 30.7 Å². The minimum Gasteiger partial charge on any atom is -0.359 e. The molecular formula is C23H18FNO4. The van der Waals surface area contributed by atoms with E-state index in [1.807, 2.05) is 41.4 Å². The minimum absolute atomic E-state index is 0.0988. The fraction of sp³-hybridized carbons (Fsp3) is 0.304. The zero-order chi connectivity index (χ0) is 19.7. The highest BCUT2D eigenvalue weighted by molar-refractivity contribution is 6.02. The molecule has 3 fully saturated rings. The van der Waals surface area contributed by atoms with E-state index in [-0.39, 0.29) is 35.5 Å². The molecule has 6 rings (SSSR count). The van der Waals surface area contributed by atoms with Gasteiger partial charge >= 0.3 is 0 Å². The van der Waals surface area contributed by atoms with Crippen LogP contribution in [0.3, 0.4) is 0 Å². The molecule has 0 aromatic heterocycles. The number of carbonyl (C=O) groups excluding carboxylic acids is 2. The van der Waals surface area contributed by atoms with Crippen molar-refractivity contribution >= 4 is 17.6 Å². The first-order chi connectivity index (χ1) is 14.1. The topological polar surface area (TPSA) is 55.8 Å². The fourth-order valence-electron chi connectivity index (χ4n) is 5.40. The van der Waals surface area contributed by atoms with Crippen molar-refractivity contribution in [3.63, 3.8) is 0 Å². The summed E-state index contributed by atoms with van der Waals surface area (Å²) in [5.74, 6) is -1.33. The smallest absolute Gasteiger partial charge is 0.218 e. The molecule has 0 spiro atoms. The average Bonchev–Trinajstić information content (AvgIpc) is 3.33. The maximum Gasteiger partial charge on any atom is 0.218 e. The summed E-state index contributed by atoms with van der Waals surface area (Å²) < 4.78 is 24.8. The highest BCUT2D eigenvalue weighted by Crippen LogP contribution is 2.54. The van der Waals surface area contributed by atoms with Crippen LogP contribution in [0.5, 0.6) is 0 Å². The van der Waals surface area contributed by atoms with Gasteiger partial charge < -0.3 is 14.4 Å². The molecule has 29 heavy (non-hydrogen) atoms. The van der Waals surface area contributed by atoms with Crippen molar-refractivity contribution < 1.29 is 23.5 Å². The molecule has 3 saturated heterocycles. The van der Waals surface area contributed by atoms with Gasteiger partial charge in [0.25, 0.3) is 0 Å². The molecule has 0 radical (unpaired) electrons. The Morgan fingerprint density at radius 2 is 1.90 bits per heavy atom. The third-order valence-electron chi connectivity index (χ3n) is 6.60. The largest absolute Gasteiger partial charge is 0.359 e. The zero-order valence-corrected chi connectivity index (χ0v) is 15.4. The molecule has 0 N–H and O–H groups in total. The van der Waals surface area contributed by atoms with Crippen molar-refractivity contribution in [3.8, 4) is 0 Å². The van der Waals surface area contributed by atoms with E-state index >= 15 is 0 Å². The molecule has 4 heterocycles. The number of halogens is 1. The van der Waals surface area contributed by atoms with E-state index < -0.39 is 18.1 Å². The van der Waals surface area contributed by atoms with E-state index in [4.69, 9.17) is 9.47 Å². The first-order valence-electron chi connectivity index (χ1n) is 9.78. The molecule has 0 saturated carbocycles. The number of rotatable bonds is 2. The molecule has 0 unspecified atom stereocenters. The van der Waals surface area contributed by atoms with Gasteiger partial charge in [0.1, 0.15) is 5.82 Å². The van der Waals surface area contributed by atoms with Crippen LogP contribution in [-0.2, 0) is 14.3 Å². The lowest BCUT2D eigenvalue weighted by molar-refractivity contribution is -0.164. The predicted molar refractivity (Wildman–Crippen MR) is 101 cm³/mol. The summed E-state index contributed by atoms with van der Waals surface area (Å²) in [5.41, 5.74) is 2.51. The lowest BCUT2D eigenvalue weighted by atomic mass is 9.75. The zero-order valence-electron chi connectivity index (χ0n) is 15.4. The minimum atomic E-state index is -0.846. The Morgan fingerprint density at radius 3 is 2.72 bits per heavy atom. The molecule has 0 aliphatic carbocycles. The number of Topliss-reactive ketones (excluding diaryl/α,β-unsaturated/α-hetero) is 2. The summed E-state index contributed by atoms with van der Waals surface area (Å²) in [4.78, 5) is 28.8. The Balaban J connectivity index is 1.50. The van der Waals surface area contributed by atoms with Crippen molar-refractivity contribution in [1.82, 2.24) is 4.90 Å². The van der Waals surface area contributed by atoms with Gasteiger partial charge in [0.15, 0.2) is 11.6 Å². The highest BCUT2D eigenvalue weighted by Gasteiger charge is 2.63. The van der Waals surface area contributed by atoms with Gasteiger partial charge in [-0.25, -0.2) is 4.39 Å². The SMILES string of the molecule is O=C1[C@@H]2OC[C@@H](O2)[C@@H]2[C@@H]1[C@@H]1c3ccccc3C=CN1[C@H]2C(=O)c1ccc(F)cc1. The molecule has 2 bridgehead atoms. The number of ketones is 2. The van der Waals surface area contributed by atoms with Crippen LogP contribution in [0.15, 0.2) is 54.7 Å². The monoisotopic (exact) mass is 391 g/mol. The third kappa shape index (κ3) is 2.33. The summed E-state index contributed by atoms with van der Waals surface area (Å²) in [5, 5.41) is 0. The molecule has 4 aliphatic rings. The summed E-state index contributed by atoms with van der Waals surface area (Å²) >= 11 is 0. The van der Waals surface area contributed by atoms with E-state index in [1.165, 1.54) is 24.3 Å². The Hall–Kier alpha value is -2.83. The van der Waals surface area contributed by atoms with E-state index in [2.05, 4.69) is 0 Å². The van der Waals surface area contributed by atoms with Crippen molar-refractivity contribution in [1.29, 1.82) is 0 Å². The first-order valence-corrected chi connectivity index (χ1v) is 9.78. The van der Waals surface area contributed by atoms with Gasteiger partial charge in [0, 0.05) is 17.7 Å². The Labute approximate surface area is 166 Å². The first kappa shape index (κ1) is 17.1. The van der Waals surface area contributed by atoms with Crippen LogP contribution in [-0.4, -0.2) is 41.5 Å². The van der Waals surface area contributed by atoms with E-state index in [0.29, 0.717) is 12.2 Å². The number of nitrogens with zero attached hydrogens (tertiary/aromatic N) is 1. The summed E-state index contributed by atoms with van der Waals surface area (Å²) in [6.07, 6.45) is 2.73. The van der Waals surface area contributed by atoms with Crippen LogP contribution in [0.4, 0.5) is 4.39 Å². The normalized spacial score (nSPS) is 34.0. The second kappa shape index (κ2) is 6.08. The second-order valence-electron chi connectivity index (χ2n) is 8.00. The Morgan fingerprint density at radius 1 is 1.10 bits per heavy atom. The standard InChI is InChI=1S/C23H18FNO4/c24-14-7-5-13(6-8-14)21(26)20-17-16-11-28-23(29-16)22(27)18(17)19-15-4-2-1-3-12(15)9-10-25(19)20/h1-10,16-20,23H,11H2/t16-,17-,18-,19+,20-,23-/m1/s1. The molecular weight excluding hydrogens is 373 g/mol. The maximum absolute atomic E-state index is 13.6. The second-order valence-corrected chi connectivity index (χ2v) is 8.00. The van der Waals surface area contributed by atoms with Crippen molar-refractivity contribution in [2.75, 3.05) is 6.61 Å². The van der Waals surface area contributed by atoms with Crippen LogP contribution in [0.2, 0.25) is 0 Å². The van der Waals surface area contributed by atoms with Crippen LogP contribution in [0.25, 0.3) is 6.08 Å². The third-order valence-corrected chi connectivity index (χ3v) is 6.60. The number of ether oxygens (including phenoxy) is 2. The van der Waals surface area contributed by atoms with E-state index in [1.54, 1.807) is 0 Å². The molecule has 6 atom stereocenters. The number of carbonyl (C=O) groups is 2. The Kier molecular flexibility index (Phi) is 3.58. The molecule has 2 aromatic carbocycles. The lowest BCUT2D eigenvalue weighted by Crippen LogP contribution is -2.48. The van der Waals surface area contributed by atoms with E-state index in [9.17, 15) is 14.0 Å². The van der Waals surface area contributed by atoms with Crippen LogP contribution in [0, 0.1) is 17.7 Å². The number of hydrogen-bond donors (Lipinski definition) is 0. The quantitative estimate of drug-likeness (QED) is 0.737. The maximum atomic E-state index is 13.6. The summed E-state index contributed by atoms with van der Waals surface area (Å²) in [7, 11) is 0. The van der Waals surface area contributed by atoms with Gasteiger partial charge in [-0.1, -0.05) is 24.3 Å². The fourth-order valence-corrected chi connectivity index (χ4v) is 5.40. The summed E-state index contributed by atoms with van der Waals surface area (Å²) in [6.45, 7) is 0.302. The van der Waals surface area contributed by atoms with Crippen LogP contribution in [0.1, 0.15) is 27.5 Å². The predicted octanol–water partition coefficient (Wildman–Crippen LogP) is 2.97. The van der Waals surface area contributed by atoms with Crippen molar-refractivity contribution in [2.45, 2.75) is 24.5 Å². The molecule has 0 amide bonds. The number of benzene rings is 2. The Bertz CT molecular complexity index is 1050. The number of hydrogen-bond acceptors (Lipinski definition) is 5. The van der Waals surface area contributed by atoms with Gasteiger partial charge in [-0.3, -0.25) is 9.59 Å². The summed E-state index contributed by atoms with van der Waals surface area (Å²) in [6, 6.07) is 12.7. The number of fused-ring (bicyclic) bond motifs is 8. The molecule has 6 heteroatoms. The van der Waals surface area contributed by atoms with E-state index in [0.717, 1.165) is 11.1 Å². The van der Waals surface area contributed by atoms with Gasteiger partial charge in [-0.15, -0.1) is 0 Å². The molecule has 5 nitrogen and oxygen atoms in total. The van der Waals surface area contributed by atoms with Crippen LogP contribution >= 0.6 is 0 Å². The van der Waals surface area contributed by atoms with Gasteiger partial charge in [0.2, 0.25) is 6.29 Å². The molecule has 4 aliphatic heterocycles. The van der Waals surface area contributed by atoms with Gasteiger partial charge in [-0.05, 0) is 41.5 Å². The molecule has 146 valence electrons.